The van der Waals surface area contributed by atoms with Crippen molar-refractivity contribution in [3.8, 4) is 0 Å². The van der Waals surface area contributed by atoms with Gasteiger partial charge in [-0.3, -0.25) is 0 Å². The molecule has 0 spiro atoms. The molecule has 2 aromatic rings. The van der Waals surface area contributed by atoms with E-state index in [9.17, 15) is 0 Å². The van der Waals surface area contributed by atoms with Gasteiger partial charge in [-0.25, -0.2) is 14.5 Å². The molecule has 0 saturated carbocycles. The summed E-state index contributed by atoms with van der Waals surface area (Å²) in [5, 5.41) is 4.16. The van der Waals surface area contributed by atoms with E-state index in [1.54, 1.807) is 23.1 Å². The summed E-state index contributed by atoms with van der Waals surface area (Å²) in [5.74, 6) is 0.638. The molecule has 0 unspecified atom stereocenters. The Morgan fingerprint density at radius 1 is 1.54 bits per heavy atom. The summed E-state index contributed by atoms with van der Waals surface area (Å²) in [4.78, 5) is 8.39. The molecule has 0 aliphatic rings. The van der Waals surface area contributed by atoms with Crippen molar-refractivity contribution in [2.24, 2.45) is 0 Å². The van der Waals surface area contributed by atoms with Crippen LogP contribution in [0.5, 0.6) is 0 Å². The number of hydrogen-bond donors (Lipinski definition) is 0. The Morgan fingerprint density at radius 2 is 2.38 bits per heavy atom. The van der Waals surface area contributed by atoms with Crippen molar-refractivity contribution in [2.45, 2.75) is 13.8 Å². The van der Waals surface area contributed by atoms with Crippen LogP contribution >= 0.6 is 0 Å². The third-order valence-electron chi connectivity index (χ3n) is 1.96. The summed E-state index contributed by atoms with van der Waals surface area (Å²) in [5.41, 5.74) is 1.99. The molecule has 0 bridgehead atoms. The SMILES string of the molecule is C/C=C(\C)c1cnn2ccnc2n1. The molecule has 0 amide bonds. The Balaban J connectivity index is 2.60. The Hall–Kier alpha value is -1.71. The molecule has 13 heavy (non-hydrogen) atoms. The third kappa shape index (κ3) is 1.30. The summed E-state index contributed by atoms with van der Waals surface area (Å²) in [6, 6.07) is 0. The molecule has 4 heteroatoms. The third-order valence-corrected chi connectivity index (χ3v) is 1.96. The van der Waals surface area contributed by atoms with Crippen LogP contribution in [0.15, 0.2) is 24.7 Å². The van der Waals surface area contributed by atoms with E-state index in [2.05, 4.69) is 15.1 Å². The molecule has 66 valence electrons. The number of fused-ring (bicyclic) bond motifs is 1. The number of aromatic nitrogens is 4. The lowest BCUT2D eigenvalue weighted by Crippen LogP contribution is -1.96. The standard InChI is InChI=1S/C9H10N4/c1-3-7(2)8-6-11-13-5-4-10-9(13)12-8/h3-6H,1-2H3/b7-3+. The molecule has 2 rings (SSSR count). The van der Waals surface area contributed by atoms with Gasteiger partial charge in [0, 0.05) is 6.20 Å². The monoisotopic (exact) mass is 174 g/mol. The van der Waals surface area contributed by atoms with E-state index in [1.807, 2.05) is 19.9 Å². The zero-order valence-corrected chi connectivity index (χ0v) is 7.60. The summed E-state index contributed by atoms with van der Waals surface area (Å²) in [6.45, 7) is 3.98. The van der Waals surface area contributed by atoms with Gasteiger partial charge in [-0.05, 0) is 19.4 Å². The van der Waals surface area contributed by atoms with Gasteiger partial charge in [-0.15, -0.1) is 0 Å². The van der Waals surface area contributed by atoms with Crippen LogP contribution in [-0.2, 0) is 0 Å². The fourth-order valence-corrected chi connectivity index (χ4v) is 1.05. The van der Waals surface area contributed by atoms with Crippen LogP contribution < -0.4 is 0 Å². The Kier molecular flexibility index (Phi) is 1.81. The molecule has 2 aromatic heterocycles. The molecule has 4 nitrogen and oxygen atoms in total. The summed E-state index contributed by atoms with van der Waals surface area (Å²) >= 11 is 0. The highest BCUT2D eigenvalue weighted by atomic mass is 15.3. The molecule has 0 aliphatic heterocycles. The lowest BCUT2D eigenvalue weighted by molar-refractivity contribution is 0.895. The second kappa shape index (κ2) is 2.97. The van der Waals surface area contributed by atoms with Crippen molar-refractivity contribution in [2.75, 3.05) is 0 Å². The average molecular weight is 174 g/mol. The lowest BCUT2D eigenvalue weighted by Gasteiger charge is -1.98. The topological polar surface area (TPSA) is 43.1 Å². The van der Waals surface area contributed by atoms with E-state index in [0.717, 1.165) is 11.3 Å². The minimum Gasteiger partial charge on any atom is -0.218 e. The fraction of sp³-hybridized carbons (Fsp3) is 0.222. The molecule has 0 saturated heterocycles. The van der Waals surface area contributed by atoms with Gasteiger partial charge in [-0.1, -0.05) is 6.08 Å². The van der Waals surface area contributed by atoms with Crippen LogP contribution in [0, 0.1) is 0 Å². The maximum atomic E-state index is 4.33. The molecule has 0 fully saturated rings. The Bertz CT molecular complexity index is 455. The molecule has 2 heterocycles. The van der Waals surface area contributed by atoms with Crippen LogP contribution in [0.1, 0.15) is 19.5 Å². The zero-order valence-electron chi connectivity index (χ0n) is 7.60. The molecule has 0 aromatic carbocycles. The van der Waals surface area contributed by atoms with Crippen LogP contribution in [0.2, 0.25) is 0 Å². The van der Waals surface area contributed by atoms with Gasteiger partial charge in [0.1, 0.15) is 0 Å². The van der Waals surface area contributed by atoms with Crippen molar-refractivity contribution < 1.29 is 0 Å². The summed E-state index contributed by atoms with van der Waals surface area (Å²) < 4.78 is 1.65. The van der Waals surface area contributed by atoms with Gasteiger partial charge >= 0.3 is 0 Å². The van der Waals surface area contributed by atoms with Crippen molar-refractivity contribution in [1.29, 1.82) is 0 Å². The van der Waals surface area contributed by atoms with Gasteiger partial charge in [0.25, 0.3) is 5.78 Å². The molecule has 0 atom stereocenters. The van der Waals surface area contributed by atoms with Gasteiger partial charge in [0.05, 0.1) is 18.1 Å². The lowest BCUT2D eigenvalue weighted by atomic mass is 10.2. The number of allylic oxidation sites excluding steroid dienone is 2. The van der Waals surface area contributed by atoms with Crippen LogP contribution in [0.3, 0.4) is 0 Å². The van der Waals surface area contributed by atoms with Crippen LogP contribution in [-0.4, -0.2) is 19.6 Å². The second-order valence-electron chi connectivity index (χ2n) is 2.79. The number of nitrogens with zero attached hydrogens (tertiary/aromatic N) is 4. The molecule has 0 radical (unpaired) electrons. The number of imidazole rings is 1. The summed E-state index contributed by atoms with van der Waals surface area (Å²) in [6.07, 6.45) is 7.20. The second-order valence-corrected chi connectivity index (χ2v) is 2.79. The van der Waals surface area contributed by atoms with Gasteiger partial charge in [-0.2, -0.15) is 5.10 Å². The zero-order chi connectivity index (χ0) is 9.26. The minimum atomic E-state index is 0.638. The molecular formula is C9H10N4. The fourth-order valence-electron chi connectivity index (χ4n) is 1.05. The highest BCUT2D eigenvalue weighted by Gasteiger charge is 2.00. The van der Waals surface area contributed by atoms with E-state index in [1.165, 1.54) is 0 Å². The van der Waals surface area contributed by atoms with Gasteiger partial charge in [0.15, 0.2) is 0 Å². The van der Waals surface area contributed by atoms with E-state index in [4.69, 9.17) is 0 Å². The minimum absolute atomic E-state index is 0.638. The quantitative estimate of drug-likeness (QED) is 0.658. The van der Waals surface area contributed by atoms with E-state index < -0.39 is 0 Å². The van der Waals surface area contributed by atoms with Crippen molar-refractivity contribution in [1.82, 2.24) is 19.6 Å². The predicted molar refractivity (Wildman–Crippen MR) is 50.1 cm³/mol. The smallest absolute Gasteiger partial charge is 0.218 e. The largest absolute Gasteiger partial charge is 0.251 e. The maximum Gasteiger partial charge on any atom is 0.251 e. The van der Waals surface area contributed by atoms with Crippen LogP contribution in [0.25, 0.3) is 11.4 Å². The summed E-state index contributed by atoms with van der Waals surface area (Å²) in [7, 11) is 0. The Morgan fingerprint density at radius 3 is 3.15 bits per heavy atom. The van der Waals surface area contributed by atoms with Crippen molar-refractivity contribution >= 4 is 11.4 Å². The van der Waals surface area contributed by atoms with E-state index in [-0.39, 0.29) is 0 Å². The first kappa shape index (κ1) is 7.91. The molecule has 0 aliphatic carbocycles. The van der Waals surface area contributed by atoms with Gasteiger partial charge in [0.2, 0.25) is 0 Å². The predicted octanol–water partition coefficient (Wildman–Crippen LogP) is 1.55. The highest BCUT2D eigenvalue weighted by Crippen LogP contribution is 2.08. The first-order valence-corrected chi connectivity index (χ1v) is 4.11. The first-order valence-electron chi connectivity index (χ1n) is 4.11. The average Bonchev–Trinajstić information content (AvgIpc) is 2.63. The van der Waals surface area contributed by atoms with Gasteiger partial charge < -0.3 is 0 Å². The Labute approximate surface area is 75.9 Å². The molecular weight excluding hydrogens is 164 g/mol. The number of rotatable bonds is 1. The highest BCUT2D eigenvalue weighted by molar-refractivity contribution is 5.60. The molecule has 0 N–H and O–H groups in total. The maximum absolute atomic E-state index is 4.33. The number of hydrogen-bond acceptors (Lipinski definition) is 3. The first-order chi connectivity index (χ1) is 6.31. The van der Waals surface area contributed by atoms with Crippen LogP contribution in [0.4, 0.5) is 0 Å². The van der Waals surface area contributed by atoms with Crippen molar-refractivity contribution in [3.63, 3.8) is 0 Å². The van der Waals surface area contributed by atoms with E-state index in [0.29, 0.717) is 5.78 Å². The van der Waals surface area contributed by atoms with E-state index >= 15 is 0 Å². The normalized spacial score (nSPS) is 12.3. The van der Waals surface area contributed by atoms with Crippen molar-refractivity contribution in [3.05, 3.63) is 30.4 Å².